The van der Waals surface area contributed by atoms with Crippen molar-refractivity contribution in [2.75, 3.05) is 18.8 Å². The van der Waals surface area contributed by atoms with E-state index in [-0.39, 0.29) is 30.6 Å². The molecule has 0 heterocycles. The first-order chi connectivity index (χ1) is 14.7. The number of aliphatic carboxylic acids is 1. The monoisotopic (exact) mass is 460 g/mol. The van der Waals surface area contributed by atoms with Crippen LogP contribution < -0.4 is 27.4 Å². The van der Waals surface area contributed by atoms with E-state index in [0.717, 1.165) is 32.1 Å². The van der Waals surface area contributed by atoms with Crippen molar-refractivity contribution < 1.29 is 24.3 Å². The number of hydrogen-bond acceptors (Lipinski definition) is 6. The fourth-order valence-corrected chi connectivity index (χ4v) is 2.90. The average Bonchev–Trinajstić information content (AvgIpc) is 2.71. The second kappa shape index (κ2) is 17.2. The van der Waals surface area contributed by atoms with Gasteiger partial charge in [0.2, 0.25) is 17.7 Å². The van der Waals surface area contributed by atoms with E-state index in [1.807, 2.05) is 0 Å². The zero-order valence-electron chi connectivity index (χ0n) is 18.1. The van der Waals surface area contributed by atoms with Gasteiger partial charge in [-0.3, -0.25) is 19.4 Å². The van der Waals surface area contributed by atoms with Crippen molar-refractivity contribution in [1.29, 1.82) is 0 Å². The van der Waals surface area contributed by atoms with Gasteiger partial charge in [-0.1, -0.05) is 32.6 Å². The Bertz CT molecular complexity index is 613. The van der Waals surface area contributed by atoms with Crippen molar-refractivity contribution >= 4 is 42.3 Å². The number of carboxylic acid groups (broad SMARTS) is 1. The first-order valence-corrected chi connectivity index (χ1v) is 11.1. The summed E-state index contributed by atoms with van der Waals surface area (Å²) < 4.78 is 0. The molecule has 3 amide bonds. The molecular weight excluding hydrogens is 424 g/mol. The van der Waals surface area contributed by atoms with E-state index in [1.165, 1.54) is 0 Å². The van der Waals surface area contributed by atoms with Gasteiger partial charge in [0, 0.05) is 18.7 Å². The number of unbranched alkanes of at least 4 members (excludes halogenated alkanes) is 4. The fourth-order valence-electron chi connectivity index (χ4n) is 2.65. The van der Waals surface area contributed by atoms with Gasteiger partial charge in [-0.05, 0) is 19.3 Å². The number of amides is 3. The van der Waals surface area contributed by atoms with E-state index < -0.39 is 36.4 Å². The smallest absolute Gasteiger partial charge is 0.326 e. The largest absolute Gasteiger partial charge is 0.480 e. The quantitative estimate of drug-likeness (QED) is 0.0659. The Morgan fingerprint density at radius 1 is 0.968 bits per heavy atom. The molecule has 0 unspecified atom stereocenters. The highest BCUT2D eigenvalue weighted by Gasteiger charge is 2.22. The molecule has 31 heavy (non-hydrogen) atoms. The summed E-state index contributed by atoms with van der Waals surface area (Å²) in [6.45, 7) is 1.92. The van der Waals surface area contributed by atoms with Gasteiger partial charge >= 0.3 is 5.97 Å². The van der Waals surface area contributed by atoms with Crippen LogP contribution in [0.1, 0.15) is 58.3 Å². The average molecular weight is 461 g/mol. The Hall–Kier alpha value is -2.50. The van der Waals surface area contributed by atoms with Crippen molar-refractivity contribution in [1.82, 2.24) is 16.0 Å². The molecule has 8 N–H and O–H groups in total. The van der Waals surface area contributed by atoms with E-state index in [0.29, 0.717) is 12.8 Å². The predicted molar refractivity (Wildman–Crippen MR) is 122 cm³/mol. The number of thiol groups is 1. The normalized spacial score (nSPS) is 12.3. The van der Waals surface area contributed by atoms with Crippen LogP contribution in [0.25, 0.3) is 0 Å². The number of carboxylic acids is 1. The predicted octanol–water partition coefficient (Wildman–Crippen LogP) is -0.499. The zero-order chi connectivity index (χ0) is 23.6. The van der Waals surface area contributed by atoms with Crippen molar-refractivity contribution in [3.8, 4) is 0 Å². The standard InChI is InChI=1S/C19H36N6O5S/c1-2-3-4-5-6-9-15(26)25-14(12-31)17(28)23-11-16(27)24-13(18(29)30)8-7-10-22-19(20)21/h13-14,31H,2-12H2,1H3,(H,23,28)(H,24,27)(H,25,26)(H,29,30)(H4,20,21,22)/t13-,14-/m0/s1. The number of rotatable bonds is 17. The van der Waals surface area contributed by atoms with Crippen LogP contribution in [0.5, 0.6) is 0 Å². The minimum Gasteiger partial charge on any atom is -0.480 e. The maximum Gasteiger partial charge on any atom is 0.326 e. The Balaban J connectivity index is 4.36. The lowest BCUT2D eigenvalue weighted by Gasteiger charge is -2.18. The molecule has 0 aromatic carbocycles. The second-order valence-electron chi connectivity index (χ2n) is 7.09. The summed E-state index contributed by atoms with van der Waals surface area (Å²) >= 11 is 4.07. The van der Waals surface area contributed by atoms with E-state index >= 15 is 0 Å². The molecule has 0 aliphatic heterocycles. The molecule has 0 aromatic heterocycles. The van der Waals surface area contributed by atoms with Gasteiger partial charge in [0.25, 0.3) is 0 Å². The molecule has 0 saturated heterocycles. The van der Waals surface area contributed by atoms with E-state index in [9.17, 15) is 24.3 Å². The molecule has 0 rings (SSSR count). The van der Waals surface area contributed by atoms with Gasteiger partial charge in [-0.2, -0.15) is 12.6 Å². The zero-order valence-corrected chi connectivity index (χ0v) is 19.0. The molecule has 0 radical (unpaired) electrons. The molecular formula is C19H36N6O5S. The minimum atomic E-state index is -1.20. The van der Waals surface area contributed by atoms with Crippen LogP contribution in [0, 0.1) is 0 Å². The Labute approximate surface area is 188 Å². The lowest BCUT2D eigenvalue weighted by molar-refractivity contribution is -0.142. The van der Waals surface area contributed by atoms with Gasteiger partial charge in [-0.15, -0.1) is 0 Å². The lowest BCUT2D eigenvalue weighted by atomic mass is 10.1. The first kappa shape index (κ1) is 28.5. The molecule has 0 fully saturated rings. The number of aliphatic imine (C=N–C) groups is 1. The number of carbonyl (C=O) groups excluding carboxylic acids is 3. The van der Waals surface area contributed by atoms with Crippen molar-refractivity contribution in [2.24, 2.45) is 16.5 Å². The lowest BCUT2D eigenvalue weighted by Crippen LogP contribution is -2.51. The van der Waals surface area contributed by atoms with Gasteiger partial charge < -0.3 is 32.5 Å². The topological polar surface area (TPSA) is 189 Å². The Kier molecular flexibility index (Phi) is 15.8. The van der Waals surface area contributed by atoms with Crippen LogP contribution in [-0.2, 0) is 19.2 Å². The van der Waals surface area contributed by atoms with Crippen LogP contribution in [0.4, 0.5) is 0 Å². The molecule has 2 atom stereocenters. The van der Waals surface area contributed by atoms with Crippen LogP contribution in [0.3, 0.4) is 0 Å². The Morgan fingerprint density at radius 3 is 2.19 bits per heavy atom. The summed E-state index contributed by atoms with van der Waals surface area (Å²) in [5.74, 6) is -2.71. The summed E-state index contributed by atoms with van der Waals surface area (Å²) in [6, 6.07) is -2.01. The third-order valence-corrected chi connectivity index (χ3v) is 4.71. The van der Waals surface area contributed by atoms with Crippen LogP contribution >= 0.6 is 12.6 Å². The van der Waals surface area contributed by atoms with E-state index in [4.69, 9.17) is 11.5 Å². The summed E-state index contributed by atoms with van der Waals surface area (Å²) in [5, 5.41) is 16.5. The number of nitrogens with one attached hydrogen (secondary N) is 3. The highest BCUT2D eigenvalue weighted by molar-refractivity contribution is 7.80. The third-order valence-electron chi connectivity index (χ3n) is 4.34. The number of carbonyl (C=O) groups is 4. The van der Waals surface area contributed by atoms with Crippen molar-refractivity contribution in [2.45, 2.75) is 70.4 Å². The molecule has 0 aliphatic carbocycles. The highest BCUT2D eigenvalue weighted by Crippen LogP contribution is 2.05. The number of guanidine groups is 1. The number of nitrogens with zero attached hydrogens (tertiary/aromatic N) is 1. The van der Waals surface area contributed by atoms with E-state index in [2.05, 4.69) is 40.5 Å². The molecule has 12 heteroatoms. The summed E-state index contributed by atoms with van der Waals surface area (Å²) in [4.78, 5) is 51.2. The number of nitrogens with two attached hydrogens (primary N) is 2. The van der Waals surface area contributed by atoms with Crippen LogP contribution in [0.2, 0.25) is 0 Å². The van der Waals surface area contributed by atoms with E-state index in [1.54, 1.807) is 0 Å². The van der Waals surface area contributed by atoms with Crippen LogP contribution in [0.15, 0.2) is 4.99 Å². The molecule has 0 aromatic rings. The molecule has 0 spiro atoms. The van der Waals surface area contributed by atoms with Gasteiger partial charge in [-0.25, -0.2) is 4.79 Å². The van der Waals surface area contributed by atoms with Crippen LogP contribution in [-0.4, -0.2) is 65.7 Å². The summed E-state index contributed by atoms with van der Waals surface area (Å²) in [5.41, 5.74) is 10.4. The molecule has 0 aliphatic rings. The molecule has 178 valence electrons. The molecule has 11 nitrogen and oxygen atoms in total. The second-order valence-corrected chi connectivity index (χ2v) is 7.46. The first-order valence-electron chi connectivity index (χ1n) is 10.5. The SMILES string of the molecule is CCCCCCCC(=O)N[C@@H](CS)C(=O)NCC(=O)N[C@@H](CCCN=C(N)N)C(=O)O. The highest BCUT2D eigenvalue weighted by atomic mass is 32.1. The summed E-state index contributed by atoms with van der Waals surface area (Å²) in [6.07, 6.45) is 5.82. The fraction of sp³-hybridized carbons (Fsp3) is 0.737. The molecule has 0 saturated carbocycles. The van der Waals surface area contributed by atoms with Gasteiger partial charge in [0.05, 0.1) is 6.54 Å². The van der Waals surface area contributed by atoms with Crippen molar-refractivity contribution in [3.05, 3.63) is 0 Å². The maximum atomic E-state index is 12.2. The number of hydrogen-bond donors (Lipinski definition) is 7. The Morgan fingerprint density at radius 2 is 1.61 bits per heavy atom. The third kappa shape index (κ3) is 15.0. The van der Waals surface area contributed by atoms with Crippen molar-refractivity contribution in [3.63, 3.8) is 0 Å². The van der Waals surface area contributed by atoms with Gasteiger partial charge in [0.15, 0.2) is 5.96 Å². The van der Waals surface area contributed by atoms with Gasteiger partial charge in [0.1, 0.15) is 12.1 Å². The minimum absolute atomic E-state index is 0.0670. The molecule has 0 bridgehead atoms. The maximum absolute atomic E-state index is 12.2. The summed E-state index contributed by atoms with van der Waals surface area (Å²) in [7, 11) is 0.